The minimum atomic E-state index is -1.28. The van der Waals surface area contributed by atoms with Crippen LogP contribution in [-0.4, -0.2) is 19.7 Å². The number of rotatable bonds is 4. The molecule has 1 aromatic heterocycles. The van der Waals surface area contributed by atoms with Gasteiger partial charge in [-0.2, -0.15) is 5.10 Å². The summed E-state index contributed by atoms with van der Waals surface area (Å²) in [5, 5.41) is 17.5. The number of nitrogens with zero attached hydrogens (tertiary/aromatic N) is 3. The summed E-state index contributed by atoms with van der Waals surface area (Å²) in [6.07, 6.45) is 0. The van der Waals surface area contributed by atoms with Crippen LogP contribution in [0, 0.1) is 32.4 Å². The molecule has 0 spiro atoms. The van der Waals surface area contributed by atoms with E-state index in [1.165, 1.54) is 4.57 Å². The van der Waals surface area contributed by atoms with E-state index < -0.39 is 22.2 Å². The fraction of sp³-hybridized carbons (Fsp3) is 0.333. The second kappa shape index (κ2) is 5.68. The Morgan fingerprint density at radius 3 is 2.62 bits per heavy atom. The third kappa shape index (κ3) is 2.97. The number of aromatic nitrogens is 3. The highest BCUT2D eigenvalue weighted by Crippen LogP contribution is 2.31. The van der Waals surface area contributed by atoms with E-state index in [0.29, 0.717) is 12.6 Å². The second-order valence-corrected chi connectivity index (χ2v) is 5.28. The van der Waals surface area contributed by atoms with E-state index in [9.17, 15) is 18.9 Å². The van der Waals surface area contributed by atoms with Crippen molar-refractivity contribution in [1.82, 2.24) is 14.8 Å². The van der Waals surface area contributed by atoms with Crippen LogP contribution < -0.4 is 0 Å². The molecule has 0 aliphatic carbocycles. The topological polar surface area (TPSA) is 76.8 Å². The molecule has 0 aliphatic rings. The lowest BCUT2D eigenvalue weighted by molar-refractivity contribution is -0.384. The third-order valence-electron chi connectivity index (χ3n) is 2.78. The maximum atomic E-state index is 13.4. The molecule has 9 heteroatoms. The lowest BCUT2D eigenvalue weighted by Gasteiger charge is -2.10. The highest BCUT2D eigenvalue weighted by atomic mass is 32.1. The number of hydrogen-bond acceptors (Lipinski definition) is 4. The van der Waals surface area contributed by atoms with Gasteiger partial charge in [-0.05, 0) is 24.2 Å². The number of aromatic amines is 1. The van der Waals surface area contributed by atoms with Crippen LogP contribution in [0.15, 0.2) is 12.1 Å². The van der Waals surface area contributed by atoms with Crippen LogP contribution in [0.4, 0.5) is 14.5 Å². The molecule has 6 nitrogen and oxygen atoms in total. The molecule has 0 radical (unpaired) electrons. The van der Waals surface area contributed by atoms with Gasteiger partial charge in [-0.1, -0.05) is 13.8 Å². The van der Waals surface area contributed by atoms with Crippen molar-refractivity contribution in [2.75, 3.05) is 0 Å². The molecule has 0 amide bonds. The lowest BCUT2D eigenvalue weighted by Crippen LogP contribution is -2.08. The number of nitro benzene ring substituents is 1. The van der Waals surface area contributed by atoms with Crippen LogP contribution >= 0.6 is 12.2 Å². The van der Waals surface area contributed by atoms with Gasteiger partial charge >= 0.3 is 0 Å². The Bertz CT molecular complexity index is 754. The van der Waals surface area contributed by atoms with Gasteiger partial charge in [0.2, 0.25) is 0 Å². The predicted octanol–water partition coefficient (Wildman–Crippen LogP) is 3.45. The van der Waals surface area contributed by atoms with E-state index in [4.69, 9.17) is 12.2 Å². The summed E-state index contributed by atoms with van der Waals surface area (Å²) in [5.41, 5.74) is -0.681. The summed E-state index contributed by atoms with van der Waals surface area (Å²) in [6.45, 7) is 4.30. The Morgan fingerprint density at radius 2 is 2.05 bits per heavy atom. The van der Waals surface area contributed by atoms with E-state index in [1.54, 1.807) is 0 Å². The number of benzene rings is 1. The van der Waals surface area contributed by atoms with Gasteiger partial charge < -0.3 is 0 Å². The van der Waals surface area contributed by atoms with E-state index >= 15 is 0 Å². The molecule has 112 valence electrons. The van der Waals surface area contributed by atoms with Gasteiger partial charge in [0, 0.05) is 6.54 Å². The Labute approximate surface area is 123 Å². The van der Waals surface area contributed by atoms with Gasteiger partial charge in [-0.3, -0.25) is 19.8 Å². The molecule has 0 saturated carbocycles. The van der Waals surface area contributed by atoms with Gasteiger partial charge in [0.25, 0.3) is 5.69 Å². The van der Waals surface area contributed by atoms with Gasteiger partial charge in [0.15, 0.2) is 22.2 Å². The summed E-state index contributed by atoms with van der Waals surface area (Å²) in [4.78, 5) is 10.3. The minimum Gasteiger partial charge on any atom is -0.300 e. The lowest BCUT2D eigenvalue weighted by atomic mass is 10.1. The Morgan fingerprint density at radius 1 is 1.43 bits per heavy atom. The van der Waals surface area contributed by atoms with Gasteiger partial charge in [-0.15, -0.1) is 0 Å². The fourth-order valence-corrected chi connectivity index (χ4v) is 2.13. The van der Waals surface area contributed by atoms with E-state index in [1.807, 2.05) is 13.8 Å². The first-order valence-corrected chi connectivity index (χ1v) is 6.51. The molecule has 0 unspecified atom stereocenters. The first kappa shape index (κ1) is 15.2. The van der Waals surface area contributed by atoms with Crippen molar-refractivity contribution < 1.29 is 13.7 Å². The van der Waals surface area contributed by atoms with E-state index in [2.05, 4.69) is 10.2 Å². The molecule has 0 fully saturated rings. The Kier molecular flexibility index (Phi) is 4.12. The average Bonchev–Trinajstić information content (AvgIpc) is 2.73. The normalized spacial score (nSPS) is 11.1. The quantitative estimate of drug-likeness (QED) is 0.533. The zero-order chi connectivity index (χ0) is 15.7. The van der Waals surface area contributed by atoms with Crippen LogP contribution in [0.5, 0.6) is 0 Å². The standard InChI is InChI=1S/C12H12F2N4O2S/c1-6(2)5-17-11(15-16-12(17)21)7-3-8(13)9(14)4-10(7)18(19)20/h3-4,6H,5H2,1-2H3,(H,16,21). The number of hydrogen-bond donors (Lipinski definition) is 1. The maximum absolute atomic E-state index is 13.4. The Hall–Kier alpha value is -2.16. The predicted molar refractivity (Wildman–Crippen MR) is 74.3 cm³/mol. The molecule has 2 aromatic rings. The number of halogens is 2. The van der Waals surface area contributed by atoms with Crippen LogP contribution in [0.3, 0.4) is 0 Å². The molecule has 0 aliphatic heterocycles. The summed E-state index contributed by atoms with van der Waals surface area (Å²) in [6, 6.07) is 1.30. The van der Waals surface area contributed by atoms with Crippen molar-refractivity contribution in [2.45, 2.75) is 20.4 Å². The fourth-order valence-electron chi connectivity index (χ4n) is 1.92. The number of nitrogens with one attached hydrogen (secondary N) is 1. The van der Waals surface area contributed by atoms with E-state index in [0.717, 1.165) is 6.07 Å². The van der Waals surface area contributed by atoms with Crippen molar-refractivity contribution in [3.05, 3.63) is 38.7 Å². The highest BCUT2D eigenvalue weighted by molar-refractivity contribution is 7.71. The van der Waals surface area contributed by atoms with Crippen LogP contribution in [0.2, 0.25) is 0 Å². The SMILES string of the molecule is CC(C)Cn1c(-c2cc(F)c(F)cc2[N+](=O)[O-])n[nH]c1=S. The second-order valence-electron chi connectivity index (χ2n) is 4.90. The average molecular weight is 314 g/mol. The van der Waals surface area contributed by atoms with Gasteiger partial charge in [0.05, 0.1) is 11.0 Å². The zero-order valence-electron chi connectivity index (χ0n) is 11.3. The summed E-state index contributed by atoms with van der Waals surface area (Å²) in [7, 11) is 0. The highest BCUT2D eigenvalue weighted by Gasteiger charge is 2.24. The number of H-pyrrole nitrogens is 1. The largest absolute Gasteiger partial charge is 0.300 e. The van der Waals surface area contributed by atoms with Crippen molar-refractivity contribution in [3.63, 3.8) is 0 Å². The monoisotopic (exact) mass is 314 g/mol. The van der Waals surface area contributed by atoms with Crippen molar-refractivity contribution >= 4 is 17.9 Å². The smallest absolute Gasteiger partial charge is 0.283 e. The third-order valence-corrected chi connectivity index (χ3v) is 3.09. The molecule has 1 heterocycles. The van der Waals surface area contributed by atoms with Gasteiger partial charge in [0.1, 0.15) is 5.56 Å². The van der Waals surface area contributed by atoms with E-state index in [-0.39, 0.29) is 22.1 Å². The summed E-state index contributed by atoms with van der Waals surface area (Å²) >= 11 is 5.07. The molecule has 1 N–H and O–H groups in total. The van der Waals surface area contributed by atoms with Gasteiger partial charge in [-0.25, -0.2) is 8.78 Å². The molecule has 0 atom stereocenters. The first-order chi connectivity index (χ1) is 9.81. The Balaban J connectivity index is 2.70. The van der Waals surface area contributed by atoms with Crippen molar-refractivity contribution in [3.8, 4) is 11.4 Å². The molecular weight excluding hydrogens is 302 g/mol. The van der Waals surface area contributed by atoms with Crippen LogP contribution in [0.25, 0.3) is 11.4 Å². The maximum Gasteiger partial charge on any atom is 0.283 e. The molecule has 1 aromatic carbocycles. The summed E-state index contributed by atoms with van der Waals surface area (Å²) < 4.78 is 28.4. The molecule has 0 bridgehead atoms. The summed E-state index contributed by atoms with van der Waals surface area (Å²) in [5.74, 6) is -2.16. The van der Waals surface area contributed by atoms with Crippen molar-refractivity contribution in [2.24, 2.45) is 5.92 Å². The van der Waals surface area contributed by atoms with Crippen LogP contribution in [0.1, 0.15) is 13.8 Å². The molecule has 0 saturated heterocycles. The molecule has 2 rings (SSSR count). The van der Waals surface area contributed by atoms with Crippen molar-refractivity contribution in [1.29, 1.82) is 0 Å². The van der Waals surface area contributed by atoms with Crippen LogP contribution in [-0.2, 0) is 6.54 Å². The number of nitro groups is 1. The molecule has 21 heavy (non-hydrogen) atoms. The zero-order valence-corrected chi connectivity index (χ0v) is 12.1. The first-order valence-electron chi connectivity index (χ1n) is 6.10. The molecular formula is C12H12F2N4O2S. The minimum absolute atomic E-state index is 0.110.